The van der Waals surface area contributed by atoms with Crippen molar-refractivity contribution in [3.8, 4) is 33.4 Å². The predicted molar refractivity (Wildman–Crippen MR) is 611 cm³/mol. The van der Waals surface area contributed by atoms with E-state index in [1.807, 2.05) is 0 Å². The van der Waals surface area contributed by atoms with Crippen molar-refractivity contribution in [1.82, 2.24) is 0 Å². The molecule has 0 heterocycles. The molecule has 1 spiro atoms. The van der Waals surface area contributed by atoms with Crippen LogP contribution in [0.3, 0.4) is 0 Å². The van der Waals surface area contributed by atoms with E-state index in [0.29, 0.717) is 0 Å². The zero-order valence-electron chi connectivity index (χ0n) is 81.7. The van der Waals surface area contributed by atoms with Gasteiger partial charge in [0.2, 0.25) is 0 Å². The van der Waals surface area contributed by atoms with Crippen LogP contribution < -0.4 is 39.2 Å². The van der Waals surface area contributed by atoms with Crippen molar-refractivity contribution >= 4 is 135 Å². The van der Waals surface area contributed by atoms with Crippen LogP contribution in [0.4, 0.5) is 114 Å². The normalized spacial score (nSPS) is 12.1. The second-order valence-corrected chi connectivity index (χ2v) is 37.3. The summed E-state index contributed by atoms with van der Waals surface area (Å²) in [6, 6.07) is 199. The Balaban J connectivity index is 0.000000111. The Bertz CT molecular complexity index is 8040. The molecule has 694 valence electrons. The molecule has 144 heavy (non-hydrogen) atoms. The summed E-state index contributed by atoms with van der Waals surface area (Å²) in [5.41, 5.74) is 38.6. The van der Waals surface area contributed by atoms with Gasteiger partial charge in [-0.1, -0.05) is 384 Å². The van der Waals surface area contributed by atoms with Crippen molar-refractivity contribution in [3.05, 3.63) is 591 Å². The number of nitrogens with zero attached hydrogens (tertiary/aromatic N) is 8. The highest BCUT2D eigenvalue weighted by molar-refractivity contribution is 6.01. The van der Waals surface area contributed by atoms with Crippen LogP contribution in [0.5, 0.6) is 0 Å². The zero-order valence-corrected chi connectivity index (χ0v) is 81.7. The van der Waals surface area contributed by atoms with Crippen LogP contribution >= 0.6 is 0 Å². The van der Waals surface area contributed by atoms with Crippen LogP contribution in [0.25, 0.3) is 54.9 Å². The summed E-state index contributed by atoms with van der Waals surface area (Å²) in [6.07, 6.45) is 0. The average Bonchev–Trinajstić information content (AvgIpc) is 1.50. The van der Waals surface area contributed by atoms with Gasteiger partial charge in [-0.2, -0.15) is 0 Å². The molecule has 0 amide bonds. The fourth-order valence-corrected chi connectivity index (χ4v) is 21.7. The van der Waals surface area contributed by atoms with Gasteiger partial charge in [0.1, 0.15) is 0 Å². The molecule has 0 atom stereocenters. The van der Waals surface area contributed by atoms with E-state index >= 15 is 0 Å². The molecule has 8 heteroatoms. The van der Waals surface area contributed by atoms with Crippen molar-refractivity contribution in [1.29, 1.82) is 0 Å². The van der Waals surface area contributed by atoms with Gasteiger partial charge in [-0.25, -0.2) is 0 Å². The highest BCUT2D eigenvalue weighted by Crippen LogP contribution is 2.64. The lowest BCUT2D eigenvalue weighted by Crippen LogP contribution is -2.26. The fraction of sp³-hybridized carbons (Fsp3) is 0.0588. The van der Waals surface area contributed by atoms with Crippen molar-refractivity contribution in [3.63, 3.8) is 0 Å². The second kappa shape index (κ2) is 40.3. The van der Waals surface area contributed by atoms with E-state index in [2.05, 4.69) is 639 Å². The van der Waals surface area contributed by atoms with Crippen LogP contribution in [0.1, 0.15) is 47.2 Å². The summed E-state index contributed by atoms with van der Waals surface area (Å²) in [6.45, 7) is 4.67. The van der Waals surface area contributed by atoms with E-state index in [-0.39, 0.29) is 10.8 Å². The van der Waals surface area contributed by atoms with Gasteiger partial charge in [-0.15, -0.1) is 0 Å². The van der Waals surface area contributed by atoms with Crippen LogP contribution in [-0.4, -0.2) is 28.2 Å². The Kier molecular flexibility index (Phi) is 25.4. The summed E-state index contributed by atoms with van der Waals surface area (Å²) in [7, 11) is 8.65. The molecule has 0 N–H and O–H groups in total. The number of benzene rings is 22. The van der Waals surface area contributed by atoms with Crippen molar-refractivity contribution in [2.45, 2.75) is 24.7 Å². The topological polar surface area (TPSA) is 25.9 Å². The molecule has 3 aliphatic carbocycles. The van der Waals surface area contributed by atoms with E-state index in [1.54, 1.807) is 0 Å². The van der Waals surface area contributed by atoms with Gasteiger partial charge in [-0.3, -0.25) is 0 Å². The highest BCUT2D eigenvalue weighted by Gasteiger charge is 2.52. The average molecular weight is 1860 g/mol. The van der Waals surface area contributed by atoms with Crippen LogP contribution in [0.15, 0.2) is 558 Å². The SMILES string of the molecule is CN(c1ccc2c(c1)C(C)(C)c1ccccc1-2)c1ccccc1N(c1ccccc1)c1ccccc1.CN(c1ccc2c(c1)C1(c3ccccc3-c3ccccc31)c1ccccc1-2)c1ccccc1N(c1ccccc1)c1ccccc1.CN(c1ccc2ccccc2c1)c1ccccc1N(c1ccccc1)c1ccccc1.CN(c1ccccc1N(c1ccccc1)c1ccccc1)c1cccc2ccccc12. The summed E-state index contributed by atoms with van der Waals surface area (Å²) in [5.74, 6) is 0. The number of para-hydroxylation sites is 16. The van der Waals surface area contributed by atoms with Crippen LogP contribution in [0, 0.1) is 0 Å². The summed E-state index contributed by atoms with van der Waals surface area (Å²) >= 11 is 0. The molecule has 0 unspecified atom stereocenters. The Morgan fingerprint density at radius 2 is 0.368 bits per heavy atom. The quantitative estimate of drug-likeness (QED) is 0.0745. The smallest absolute Gasteiger partial charge is 0.0726 e. The third-order valence-corrected chi connectivity index (χ3v) is 28.6. The van der Waals surface area contributed by atoms with Crippen molar-refractivity contribution in [2.24, 2.45) is 0 Å². The Labute approximate surface area is 846 Å². The van der Waals surface area contributed by atoms with Gasteiger partial charge >= 0.3 is 0 Å². The van der Waals surface area contributed by atoms with Crippen LogP contribution in [0.2, 0.25) is 0 Å². The molecule has 0 aromatic heterocycles. The molecule has 8 nitrogen and oxygen atoms in total. The minimum Gasteiger partial charge on any atom is -0.343 e. The first-order chi connectivity index (χ1) is 71.0. The first-order valence-electron chi connectivity index (χ1n) is 49.5. The standard InChI is InChI=1S/C44H32N2.C34H30N2.2C29H24N2/c1-45(42-26-14-15-27-43(42)46(31-16-4-2-5-17-31)32-18-6-3-7-19-32)33-28-29-37-36-22-10-13-25-40(36)44(41(37)30-33)38-23-11-8-20-34(38)35-21-9-12-24-39(35)44;1-34(2)30-19-11-10-18-28(30)29-23-22-27(24-31(29)34)35(3)32-20-12-13-21-33(32)36(25-14-6-4-7-15-25)26-16-8-5-9-17-26;1-30(27-22-12-14-23-13-8-9-19-26(23)27)28-20-10-11-21-29(28)31(24-15-4-2-5-16-24)25-17-6-3-7-18-25;1-30(27-21-20-23-12-8-9-13-24(23)22-27)28-18-10-11-19-29(28)31(25-14-4-2-5-15-25)26-16-6-3-7-17-26/h2-30H,1H3;4-24H,1-3H3;2*2-22H,1H3. The minimum atomic E-state index is -0.365. The summed E-state index contributed by atoms with van der Waals surface area (Å²) in [5, 5.41) is 4.98. The lowest BCUT2D eigenvalue weighted by atomic mass is 9.70. The maximum atomic E-state index is 2.44. The maximum absolute atomic E-state index is 2.44. The molecule has 0 saturated carbocycles. The lowest BCUT2D eigenvalue weighted by molar-refractivity contribution is 0.660. The largest absolute Gasteiger partial charge is 0.343 e. The van der Waals surface area contributed by atoms with Crippen molar-refractivity contribution in [2.75, 3.05) is 67.4 Å². The molecule has 0 bridgehead atoms. The summed E-state index contributed by atoms with van der Waals surface area (Å²) < 4.78 is 0. The minimum absolute atomic E-state index is 0.0254. The zero-order chi connectivity index (χ0) is 97.5. The molecule has 22 aromatic carbocycles. The van der Waals surface area contributed by atoms with Gasteiger partial charge in [0.25, 0.3) is 0 Å². The Morgan fingerprint density at radius 3 is 0.722 bits per heavy atom. The van der Waals surface area contributed by atoms with Gasteiger partial charge in [-0.05, 0) is 271 Å². The molecule has 25 rings (SSSR count). The Morgan fingerprint density at radius 1 is 0.139 bits per heavy atom. The van der Waals surface area contributed by atoms with E-state index in [4.69, 9.17) is 0 Å². The number of fused-ring (bicyclic) bond motifs is 15. The first kappa shape index (κ1) is 90.9. The number of rotatable bonds is 20. The molecule has 0 aliphatic heterocycles. The van der Waals surface area contributed by atoms with Gasteiger partial charge in [0, 0.05) is 107 Å². The fourth-order valence-electron chi connectivity index (χ4n) is 21.7. The molecule has 0 radical (unpaired) electrons. The Hall–Kier alpha value is -18.2. The van der Waals surface area contributed by atoms with Gasteiger partial charge < -0.3 is 39.2 Å². The summed E-state index contributed by atoms with van der Waals surface area (Å²) in [4.78, 5) is 18.5. The molecule has 0 fully saturated rings. The lowest BCUT2D eigenvalue weighted by Gasteiger charge is -2.33. The number of hydrogen-bond donors (Lipinski definition) is 0. The van der Waals surface area contributed by atoms with E-state index in [1.165, 1.54) is 99.7 Å². The van der Waals surface area contributed by atoms with E-state index in [9.17, 15) is 0 Å². The maximum Gasteiger partial charge on any atom is 0.0726 e. The molecule has 22 aromatic rings. The highest BCUT2D eigenvalue weighted by atomic mass is 15.2. The molecular formula is C136H110N8. The van der Waals surface area contributed by atoms with Crippen molar-refractivity contribution < 1.29 is 0 Å². The second-order valence-electron chi connectivity index (χ2n) is 37.3. The first-order valence-corrected chi connectivity index (χ1v) is 49.5. The van der Waals surface area contributed by atoms with E-state index < -0.39 is 0 Å². The molecule has 3 aliphatic rings. The van der Waals surface area contributed by atoms with E-state index in [0.717, 1.165) is 102 Å². The third-order valence-electron chi connectivity index (χ3n) is 28.6. The molecule has 0 saturated heterocycles. The van der Waals surface area contributed by atoms with Gasteiger partial charge in [0.15, 0.2) is 0 Å². The van der Waals surface area contributed by atoms with Gasteiger partial charge in [0.05, 0.1) is 50.9 Å². The number of anilines is 20. The van der Waals surface area contributed by atoms with Crippen LogP contribution in [-0.2, 0) is 10.8 Å². The number of hydrogen-bond acceptors (Lipinski definition) is 8. The third kappa shape index (κ3) is 17.3. The predicted octanol–water partition coefficient (Wildman–Crippen LogP) is 36.7. The molecular weight excluding hydrogens is 1750 g/mol. The monoisotopic (exact) mass is 1850 g/mol.